The molecular formula is C25H23NO5. The van der Waals surface area contributed by atoms with Gasteiger partial charge in [0.05, 0.1) is 19.4 Å². The van der Waals surface area contributed by atoms with Crippen molar-refractivity contribution < 1.29 is 23.5 Å². The first-order chi connectivity index (χ1) is 15.0. The summed E-state index contributed by atoms with van der Waals surface area (Å²) >= 11 is 0. The van der Waals surface area contributed by atoms with Gasteiger partial charge in [-0.2, -0.15) is 0 Å². The number of ketones is 1. The molecule has 1 aromatic heterocycles. The molecule has 1 amide bonds. The summed E-state index contributed by atoms with van der Waals surface area (Å²) in [7, 11) is 1.57. The lowest BCUT2D eigenvalue weighted by molar-refractivity contribution is -0.116. The van der Waals surface area contributed by atoms with Gasteiger partial charge in [0.25, 0.3) is 0 Å². The molecular weight excluding hydrogens is 394 g/mol. The van der Waals surface area contributed by atoms with Crippen LogP contribution in [0.25, 0.3) is 21.9 Å². The first-order valence-corrected chi connectivity index (χ1v) is 10.1. The second-order valence-electron chi connectivity index (χ2n) is 7.23. The van der Waals surface area contributed by atoms with Crippen LogP contribution in [0.1, 0.15) is 30.1 Å². The van der Waals surface area contributed by atoms with E-state index in [9.17, 15) is 9.59 Å². The Balaban J connectivity index is 1.36. The van der Waals surface area contributed by atoms with Crippen LogP contribution >= 0.6 is 0 Å². The summed E-state index contributed by atoms with van der Waals surface area (Å²) in [5.41, 5.74) is 2.69. The molecule has 0 aliphatic heterocycles. The van der Waals surface area contributed by atoms with Gasteiger partial charge >= 0.3 is 0 Å². The van der Waals surface area contributed by atoms with Crippen LogP contribution < -0.4 is 14.8 Å². The third-order valence-corrected chi connectivity index (χ3v) is 5.05. The molecule has 0 saturated heterocycles. The number of fused-ring (bicyclic) bond motifs is 3. The standard InChI is InChI=1S/C25H23NO5/c1-16(27)17-9-11-18(12-10-17)30-13-5-8-25(28)26-21-15-23-20(14-24(21)29-2)19-6-3-4-7-22(19)31-23/h3-4,6-7,9-12,14-15H,5,8,13H2,1-2H3,(H,26,28). The maximum atomic E-state index is 12.4. The number of para-hydroxylation sites is 1. The Morgan fingerprint density at radius 3 is 2.48 bits per heavy atom. The molecule has 4 aromatic rings. The number of rotatable bonds is 8. The van der Waals surface area contributed by atoms with E-state index in [0.29, 0.717) is 47.8 Å². The van der Waals surface area contributed by atoms with Crippen LogP contribution in [0.4, 0.5) is 5.69 Å². The van der Waals surface area contributed by atoms with Crippen LogP contribution in [0, 0.1) is 0 Å². The molecule has 0 aliphatic rings. The molecule has 3 aromatic carbocycles. The lowest BCUT2D eigenvalue weighted by atomic mass is 10.1. The minimum Gasteiger partial charge on any atom is -0.495 e. The summed E-state index contributed by atoms with van der Waals surface area (Å²) in [5.74, 6) is 1.13. The van der Waals surface area contributed by atoms with Gasteiger partial charge in [-0.1, -0.05) is 18.2 Å². The lowest BCUT2D eigenvalue weighted by Crippen LogP contribution is -2.13. The minimum atomic E-state index is -0.135. The Morgan fingerprint density at radius 1 is 0.968 bits per heavy atom. The van der Waals surface area contributed by atoms with E-state index in [2.05, 4.69) is 5.32 Å². The minimum absolute atomic E-state index is 0.0134. The van der Waals surface area contributed by atoms with Crippen LogP contribution in [-0.2, 0) is 4.79 Å². The van der Waals surface area contributed by atoms with E-state index in [4.69, 9.17) is 13.9 Å². The highest BCUT2D eigenvalue weighted by Gasteiger charge is 2.14. The number of nitrogens with one attached hydrogen (secondary N) is 1. The fourth-order valence-electron chi connectivity index (χ4n) is 3.44. The first kappa shape index (κ1) is 20.5. The number of methoxy groups -OCH3 is 1. The van der Waals surface area contributed by atoms with Crippen molar-refractivity contribution in [3.63, 3.8) is 0 Å². The van der Waals surface area contributed by atoms with Crippen molar-refractivity contribution in [2.45, 2.75) is 19.8 Å². The van der Waals surface area contributed by atoms with E-state index in [0.717, 1.165) is 16.4 Å². The highest BCUT2D eigenvalue weighted by atomic mass is 16.5. The second-order valence-corrected chi connectivity index (χ2v) is 7.23. The van der Waals surface area contributed by atoms with Crippen molar-refractivity contribution in [2.24, 2.45) is 0 Å². The molecule has 0 spiro atoms. The van der Waals surface area contributed by atoms with Gasteiger partial charge in [-0.3, -0.25) is 9.59 Å². The number of benzene rings is 3. The van der Waals surface area contributed by atoms with Crippen LogP contribution in [0.3, 0.4) is 0 Å². The van der Waals surface area contributed by atoms with Gasteiger partial charge in [0.2, 0.25) is 5.91 Å². The molecule has 0 aliphatic carbocycles. The average Bonchev–Trinajstić information content (AvgIpc) is 3.13. The molecule has 31 heavy (non-hydrogen) atoms. The molecule has 0 radical (unpaired) electrons. The summed E-state index contributed by atoms with van der Waals surface area (Å²) in [6, 6.07) is 18.4. The summed E-state index contributed by atoms with van der Waals surface area (Å²) < 4.78 is 17.0. The maximum absolute atomic E-state index is 12.4. The number of furan rings is 1. The predicted molar refractivity (Wildman–Crippen MR) is 120 cm³/mol. The van der Waals surface area contributed by atoms with Crippen molar-refractivity contribution >= 4 is 39.3 Å². The molecule has 6 nitrogen and oxygen atoms in total. The summed E-state index contributed by atoms with van der Waals surface area (Å²) in [6.07, 6.45) is 0.850. The Labute approximate surface area is 179 Å². The molecule has 0 unspecified atom stereocenters. The summed E-state index contributed by atoms with van der Waals surface area (Å²) in [5, 5.41) is 4.84. The van der Waals surface area contributed by atoms with Gasteiger partial charge in [-0.25, -0.2) is 0 Å². The van der Waals surface area contributed by atoms with E-state index in [-0.39, 0.29) is 11.7 Å². The van der Waals surface area contributed by atoms with Crippen LogP contribution in [-0.4, -0.2) is 25.4 Å². The van der Waals surface area contributed by atoms with Gasteiger partial charge < -0.3 is 19.2 Å². The molecule has 1 N–H and O–H groups in total. The second kappa shape index (κ2) is 8.92. The van der Waals surface area contributed by atoms with Crippen LogP contribution in [0.5, 0.6) is 11.5 Å². The number of carbonyl (C=O) groups excluding carboxylic acids is 2. The van der Waals surface area contributed by atoms with Gasteiger partial charge in [0.1, 0.15) is 22.7 Å². The third kappa shape index (κ3) is 4.53. The largest absolute Gasteiger partial charge is 0.495 e. The Kier molecular flexibility index (Phi) is 5.89. The van der Waals surface area contributed by atoms with Crippen LogP contribution in [0.15, 0.2) is 65.1 Å². The van der Waals surface area contributed by atoms with E-state index < -0.39 is 0 Å². The molecule has 1 heterocycles. The fourth-order valence-corrected chi connectivity index (χ4v) is 3.44. The molecule has 0 bridgehead atoms. The molecule has 0 fully saturated rings. The maximum Gasteiger partial charge on any atom is 0.224 e. The van der Waals surface area contributed by atoms with E-state index in [1.807, 2.05) is 30.3 Å². The van der Waals surface area contributed by atoms with Crippen molar-refractivity contribution in [2.75, 3.05) is 19.0 Å². The zero-order chi connectivity index (χ0) is 21.8. The van der Waals surface area contributed by atoms with E-state index in [1.165, 1.54) is 6.92 Å². The summed E-state index contributed by atoms with van der Waals surface area (Å²) in [6.45, 7) is 1.92. The third-order valence-electron chi connectivity index (χ3n) is 5.05. The molecule has 158 valence electrons. The van der Waals surface area contributed by atoms with Crippen molar-refractivity contribution in [1.29, 1.82) is 0 Å². The number of carbonyl (C=O) groups is 2. The fraction of sp³-hybridized carbons (Fsp3) is 0.200. The number of hydrogen-bond acceptors (Lipinski definition) is 5. The topological polar surface area (TPSA) is 77.8 Å². The predicted octanol–water partition coefficient (Wildman–Crippen LogP) is 5.59. The number of anilines is 1. The zero-order valence-electron chi connectivity index (χ0n) is 17.4. The normalized spacial score (nSPS) is 10.9. The van der Waals surface area contributed by atoms with Gasteiger partial charge in [-0.05, 0) is 49.7 Å². The quantitative estimate of drug-likeness (QED) is 0.298. The van der Waals surface area contributed by atoms with E-state index in [1.54, 1.807) is 37.4 Å². The molecule has 4 rings (SSSR count). The smallest absolute Gasteiger partial charge is 0.224 e. The molecule has 6 heteroatoms. The van der Waals surface area contributed by atoms with E-state index >= 15 is 0 Å². The van der Waals surface area contributed by atoms with Gasteiger partial charge in [0, 0.05) is 28.8 Å². The zero-order valence-corrected chi connectivity index (χ0v) is 17.4. The number of ether oxygens (including phenoxy) is 2. The number of amides is 1. The highest BCUT2D eigenvalue weighted by Crippen LogP contribution is 2.36. The monoisotopic (exact) mass is 417 g/mol. The highest BCUT2D eigenvalue weighted by molar-refractivity contribution is 6.07. The van der Waals surface area contributed by atoms with Crippen molar-refractivity contribution in [3.8, 4) is 11.5 Å². The summed E-state index contributed by atoms with van der Waals surface area (Å²) in [4.78, 5) is 23.7. The van der Waals surface area contributed by atoms with Crippen molar-refractivity contribution in [1.82, 2.24) is 0 Å². The number of hydrogen-bond donors (Lipinski definition) is 1. The Bertz CT molecular complexity index is 1240. The lowest BCUT2D eigenvalue weighted by Gasteiger charge is -2.11. The first-order valence-electron chi connectivity index (χ1n) is 10.1. The van der Waals surface area contributed by atoms with Gasteiger partial charge in [0.15, 0.2) is 5.78 Å². The Morgan fingerprint density at radius 2 is 1.74 bits per heavy atom. The van der Waals surface area contributed by atoms with Crippen molar-refractivity contribution in [3.05, 3.63) is 66.2 Å². The molecule has 0 atom stereocenters. The SMILES string of the molecule is COc1cc2c(cc1NC(=O)CCCOc1ccc(C(C)=O)cc1)oc1ccccc12. The van der Waals surface area contributed by atoms with Gasteiger partial charge in [-0.15, -0.1) is 0 Å². The Hall–Kier alpha value is -3.80. The average molecular weight is 417 g/mol. The molecule has 0 saturated carbocycles. The number of Topliss-reactive ketones (excluding diaryl/α,β-unsaturated/α-hetero) is 1. The van der Waals surface area contributed by atoms with Crippen LogP contribution in [0.2, 0.25) is 0 Å².